The van der Waals surface area contributed by atoms with Crippen molar-refractivity contribution in [2.45, 2.75) is 13.3 Å². The molecule has 1 N–H and O–H groups in total. The molecule has 0 saturated heterocycles. The predicted octanol–water partition coefficient (Wildman–Crippen LogP) is 4.36. The van der Waals surface area contributed by atoms with Crippen molar-refractivity contribution in [3.05, 3.63) is 88.8 Å². The van der Waals surface area contributed by atoms with Gasteiger partial charge in [-0.05, 0) is 42.7 Å². The fourth-order valence-electron chi connectivity index (χ4n) is 3.77. The third-order valence-corrected chi connectivity index (χ3v) is 6.17. The fraction of sp³-hybridized carbons (Fsp3) is 0.125. The van der Waals surface area contributed by atoms with E-state index >= 15 is 0 Å². The van der Waals surface area contributed by atoms with Crippen LogP contribution in [0.3, 0.4) is 0 Å². The second kappa shape index (κ2) is 8.32. The van der Waals surface area contributed by atoms with Gasteiger partial charge >= 0.3 is 0 Å². The van der Waals surface area contributed by atoms with Gasteiger partial charge in [-0.25, -0.2) is 9.97 Å². The van der Waals surface area contributed by atoms with Crippen molar-refractivity contribution >= 4 is 34.0 Å². The number of thiazole rings is 1. The summed E-state index contributed by atoms with van der Waals surface area (Å²) < 4.78 is 0. The molecule has 2 aromatic heterocycles. The molecule has 1 aliphatic heterocycles. The van der Waals surface area contributed by atoms with Crippen molar-refractivity contribution in [1.82, 2.24) is 15.0 Å². The molecular formula is C24H19N5O2S. The molecule has 8 heteroatoms. The smallest absolute Gasteiger partial charge is 0.277 e. The summed E-state index contributed by atoms with van der Waals surface area (Å²) in [6.45, 7) is 2.61. The highest BCUT2D eigenvalue weighted by Crippen LogP contribution is 2.34. The number of hydrogen-bond acceptors (Lipinski definition) is 6. The molecule has 158 valence electrons. The number of nitrogens with one attached hydrogen (secondary N) is 1. The third kappa shape index (κ3) is 3.76. The Morgan fingerprint density at radius 3 is 2.81 bits per heavy atom. The molecule has 1 aliphatic rings. The summed E-state index contributed by atoms with van der Waals surface area (Å²) >= 11 is 1.35. The van der Waals surface area contributed by atoms with Gasteiger partial charge in [-0.3, -0.25) is 19.9 Å². The van der Waals surface area contributed by atoms with Crippen LogP contribution >= 0.6 is 11.3 Å². The highest BCUT2D eigenvalue weighted by Gasteiger charge is 2.26. The van der Waals surface area contributed by atoms with Crippen molar-refractivity contribution in [3.8, 4) is 11.3 Å². The van der Waals surface area contributed by atoms with Gasteiger partial charge in [0, 0.05) is 41.1 Å². The number of carbonyl (C=O) groups excluding carboxylic acids is 2. The maximum atomic E-state index is 13.1. The van der Waals surface area contributed by atoms with Gasteiger partial charge in [-0.15, -0.1) is 11.3 Å². The Labute approximate surface area is 188 Å². The highest BCUT2D eigenvalue weighted by atomic mass is 32.1. The molecule has 4 aromatic rings. The van der Waals surface area contributed by atoms with Gasteiger partial charge in [0.25, 0.3) is 11.8 Å². The molecule has 2 aromatic carbocycles. The van der Waals surface area contributed by atoms with Crippen LogP contribution < -0.4 is 10.2 Å². The summed E-state index contributed by atoms with van der Waals surface area (Å²) in [6.07, 6.45) is 5.19. The van der Waals surface area contributed by atoms with Crippen LogP contribution in [0.15, 0.2) is 66.4 Å². The summed E-state index contributed by atoms with van der Waals surface area (Å²) in [5, 5.41) is 5.15. The van der Waals surface area contributed by atoms with E-state index in [0.29, 0.717) is 11.7 Å². The molecule has 32 heavy (non-hydrogen) atoms. The number of aryl methyl sites for hydroxylation is 1. The molecule has 2 amide bonds. The summed E-state index contributed by atoms with van der Waals surface area (Å²) in [5.41, 5.74) is 5.71. The lowest BCUT2D eigenvalue weighted by Crippen LogP contribution is -2.29. The van der Waals surface area contributed by atoms with Gasteiger partial charge in [-0.1, -0.05) is 24.3 Å². The van der Waals surface area contributed by atoms with Gasteiger partial charge in [-0.2, -0.15) is 0 Å². The monoisotopic (exact) mass is 441 g/mol. The van der Waals surface area contributed by atoms with E-state index in [4.69, 9.17) is 0 Å². The number of nitrogens with zero attached hydrogens (tertiary/aromatic N) is 4. The first kappa shape index (κ1) is 20.0. The second-order valence-electron chi connectivity index (χ2n) is 7.45. The van der Waals surface area contributed by atoms with Crippen LogP contribution in [0.2, 0.25) is 0 Å². The Morgan fingerprint density at radius 1 is 1.12 bits per heavy atom. The van der Waals surface area contributed by atoms with Crippen LogP contribution in [-0.2, 0) is 6.42 Å². The molecule has 7 nitrogen and oxygen atoms in total. The van der Waals surface area contributed by atoms with E-state index in [1.807, 2.05) is 53.6 Å². The maximum absolute atomic E-state index is 13.1. The number of rotatable bonds is 4. The van der Waals surface area contributed by atoms with Crippen molar-refractivity contribution < 1.29 is 9.59 Å². The van der Waals surface area contributed by atoms with Gasteiger partial charge in [0.2, 0.25) is 0 Å². The lowest BCUT2D eigenvalue weighted by molar-refractivity contribution is 0.0986. The van der Waals surface area contributed by atoms with Gasteiger partial charge in [0.15, 0.2) is 5.13 Å². The predicted molar refractivity (Wildman–Crippen MR) is 124 cm³/mol. The topological polar surface area (TPSA) is 88.1 Å². The summed E-state index contributed by atoms with van der Waals surface area (Å²) in [5.74, 6) is -0.324. The standard InChI is InChI=1S/C24H19N5O2S/c1-15-4-2-3-5-18(15)23(31)29-11-8-17-12-16(6-7-21(17)29)20-14-32-24(27-20)28-22(30)19-13-25-9-10-26-19/h2-7,9-10,12-14H,8,11H2,1H3,(H,27,28,30). The number of aromatic nitrogens is 3. The lowest BCUT2D eigenvalue weighted by Gasteiger charge is -2.18. The Hall–Kier alpha value is -3.91. The molecule has 0 bridgehead atoms. The summed E-state index contributed by atoms with van der Waals surface area (Å²) in [4.78, 5) is 39.6. The first-order chi connectivity index (χ1) is 15.6. The average Bonchev–Trinajstić information content (AvgIpc) is 3.46. The first-order valence-corrected chi connectivity index (χ1v) is 11.0. The van der Waals surface area contributed by atoms with Gasteiger partial charge in [0.05, 0.1) is 11.9 Å². The SMILES string of the molecule is Cc1ccccc1C(=O)N1CCc2cc(-c3csc(NC(=O)c4cnccn4)n3)ccc21. The number of amides is 2. The largest absolute Gasteiger partial charge is 0.308 e. The van der Waals surface area contributed by atoms with E-state index in [9.17, 15) is 9.59 Å². The van der Waals surface area contributed by atoms with E-state index in [1.165, 1.54) is 29.9 Å². The molecule has 0 fully saturated rings. The number of benzene rings is 2. The van der Waals surface area contributed by atoms with Crippen LogP contribution in [0.5, 0.6) is 0 Å². The Balaban J connectivity index is 1.35. The second-order valence-corrected chi connectivity index (χ2v) is 8.31. The lowest BCUT2D eigenvalue weighted by atomic mass is 10.1. The van der Waals surface area contributed by atoms with Crippen molar-refractivity contribution in [1.29, 1.82) is 0 Å². The normalized spacial score (nSPS) is 12.5. The van der Waals surface area contributed by atoms with Gasteiger partial charge < -0.3 is 4.90 Å². The molecule has 0 atom stereocenters. The van der Waals surface area contributed by atoms with E-state index in [0.717, 1.165) is 40.1 Å². The molecule has 5 rings (SSSR count). The molecule has 0 saturated carbocycles. The molecular weight excluding hydrogens is 422 g/mol. The van der Waals surface area contributed by atoms with E-state index in [1.54, 1.807) is 0 Å². The first-order valence-electron chi connectivity index (χ1n) is 10.1. The number of carbonyl (C=O) groups is 2. The Bertz CT molecular complexity index is 1320. The van der Waals surface area contributed by atoms with Crippen LogP contribution in [0, 0.1) is 6.92 Å². The number of anilines is 2. The van der Waals surface area contributed by atoms with E-state index < -0.39 is 0 Å². The Morgan fingerprint density at radius 2 is 2.00 bits per heavy atom. The highest BCUT2D eigenvalue weighted by molar-refractivity contribution is 7.14. The minimum atomic E-state index is -0.349. The summed E-state index contributed by atoms with van der Waals surface area (Å²) in [7, 11) is 0. The molecule has 0 unspecified atom stereocenters. The van der Waals surface area contributed by atoms with Crippen LogP contribution in [0.1, 0.15) is 32.0 Å². The van der Waals surface area contributed by atoms with Crippen molar-refractivity contribution in [2.75, 3.05) is 16.8 Å². The van der Waals surface area contributed by atoms with Crippen LogP contribution in [0.25, 0.3) is 11.3 Å². The van der Waals surface area contributed by atoms with Gasteiger partial charge in [0.1, 0.15) is 5.69 Å². The van der Waals surface area contributed by atoms with E-state index in [2.05, 4.69) is 26.3 Å². The van der Waals surface area contributed by atoms with Crippen LogP contribution in [-0.4, -0.2) is 33.3 Å². The zero-order valence-electron chi connectivity index (χ0n) is 17.3. The van der Waals surface area contributed by atoms with Crippen LogP contribution in [0.4, 0.5) is 10.8 Å². The molecule has 0 spiro atoms. The molecule has 3 heterocycles. The summed E-state index contributed by atoms with van der Waals surface area (Å²) in [6, 6.07) is 13.7. The zero-order chi connectivity index (χ0) is 22.1. The quantitative estimate of drug-likeness (QED) is 0.508. The average molecular weight is 442 g/mol. The Kier molecular flexibility index (Phi) is 5.20. The maximum Gasteiger partial charge on any atom is 0.277 e. The third-order valence-electron chi connectivity index (χ3n) is 5.41. The fourth-order valence-corrected chi connectivity index (χ4v) is 4.49. The van der Waals surface area contributed by atoms with Crippen molar-refractivity contribution in [3.63, 3.8) is 0 Å². The minimum Gasteiger partial charge on any atom is -0.308 e. The number of hydrogen-bond donors (Lipinski definition) is 1. The molecule has 0 radical (unpaired) electrons. The zero-order valence-corrected chi connectivity index (χ0v) is 18.1. The minimum absolute atomic E-state index is 0.0252. The van der Waals surface area contributed by atoms with Crippen molar-refractivity contribution in [2.24, 2.45) is 0 Å². The molecule has 0 aliphatic carbocycles. The number of fused-ring (bicyclic) bond motifs is 1. The van der Waals surface area contributed by atoms with E-state index in [-0.39, 0.29) is 17.5 Å².